The molecule has 0 heterocycles. The second-order valence-corrected chi connectivity index (χ2v) is 6.69. The summed E-state index contributed by atoms with van der Waals surface area (Å²) in [7, 11) is -0.834. The number of benzene rings is 1. The van der Waals surface area contributed by atoms with Crippen LogP contribution in [0.4, 0.5) is 0 Å². The fourth-order valence-corrected chi connectivity index (χ4v) is 3.11. The first kappa shape index (κ1) is 15.2. The van der Waals surface area contributed by atoms with E-state index in [1.807, 2.05) is 30.3 Å². The van der Waals surface area contributed by atoms with Gasteiger partial charge in [-0.1, -0.05) is 36.8 Å². The molecule has 0 amide bonds. The molecule has 2 heteroatoms. The van der Waals surface area contributed by atoms with Crippen LogP contribution in [0.3, 0.4) is 0 Å². The monoisotopic (exact) mass is 264 g/mol. The molecule has 0 fully saturated rings. The summed E-state index contributed by atoms with van der Waals surface area (Å²) in [5.41, 5.74) is 1.38. The summed E-state index contributed by atoms with van der Waals surface area (Å²) in [6.07, 6.45) is 5.65. The van der Waals surface area contributed by atoms with E-state index in [2.05, 4.69) is 26.8 Å². The molecule has 1 aromatic rings. The predicted molar refractivity (Wildman–Crippen MR) is 80.2 cm³/mol. The van der Waals surface area contributed by atoms with E-state index in [1.165, 1.54) is 12.0 Å². The number of hydrogen-bond acceptors (Lipinski definition) is 1. The van der Waals surface area contributed by atoms with Crippen LogP contribution in [0.5, 0.6) is 0 Å². The highest BCUT2D eigenvalue weighted by Crippen LogP contribution is 2.15. The average molecular weight is 264 g/mol. The van der Waals surface area contributed by atoms with Gasteiger partial charge >= 0.3 is 0 Å². The van der Waals surface area contributed by atoms with Crippen molar-refractivity contribution < 1.29 is 4.21 Å². The zero-order chi connectivity index (χ0) is 13.4. The lowest BCUT2D eigenvalue weighted by atomic mass is 10.0. The summed E-state index contributed by atoms with van der Waals surface area (Å²) in [6, 6.07) is 9.76. The van der Waals surface area contributed by atoms with E-state index in [0.717, 1.165) is 23.5 Å². The molecule has 0 radical (unpaired) electrons. The van der Waals surface area contributed by atoms with E-state index in [9.17, 15) is 4.21 Å². The molecule has 0 aromatic heterocycles. The summed E-state index contributed by atoms with van der Waals surface area (Å²) in [5.74, 6) is 1.42. The van der Waals surface area contributed by atoms with E-state index in [-0.39, 0.29) is 0 Å². The standard InChI is InChI=1S/C16H24OS/c1-14(2)8-7-9-15(3)12-13-18(17)16-10-5-4-6-11-16/h4-6,8,10-11,15H,7,9,12-13H2,1-3H3. The minimum atomic E-state index is -0.834. The Morgan fingerprint density at radius 2 is 1.89 bits per heavy atom. The largest absolute Gasteiger partial charge is 0.254 e. The molecule has 0 N–H and O–H groups in total. The molecule has 2 atom stereocenters. The van der Waals surface area contributed by atoms with Gasteiger partial charge in [-0.3, -0.25) is 4.21 Å². The Balaban J connectivity index is 2.28. The normalized spacial score (nSPS) is 13.9. The van der Waals surface area contributed by atoms with Crippen LogP contribution in [0.1, 0.15) is 40.0 Å². The average Bonchev–Trinajstić information content (AvgIpc) is 2.36. The van der Waals surface area contributed by atoms with Gasteiger partial charge in [0.25, 0.3) is 0 Å². The first-order valence-electron chi connectivity index (χ1n) is 6.66. The van der Waals surface area contributed by atoms with Crippen molar-refractivity contribution in [3.05, 3.63) is 42.0 Å². The summed E-state index contributed by atoms with van der Waals surface area (Å²) in [4.78, 5) is 0.953. The smallest absolute Gasteiger partial charge is 0.0529 e. The van der Waals surface area contributed by atoms with Crippen LogP contribution in [0, 0.1) is 5.92 Å². The maximum atomic E-state index is 12.0. The molecule has 1 nitrogen and oxygen atoms in total. The third-order valence-corrected chi connectivity index (χ3v) is 4.42. The molecule has 100 valence electrons. The highest BCUT2D eigenvalue weighted by molar-refractivity contribution is 7.85. The second-order valence-electron chi connectivity index (χ2n) is 5.12. The van der Waals surface area contributed by atoms with Crippen molar-refractivity contribution in [3.63, 3.8) is 0 Å². The molecule has 0 saturated carbocycles. The van der Waals surface area contributed by atoms with Crippen LogP contribution in [0.25, 0.3) is 0 Å². The number of rotatable bonds is 7. The van der Waals surface area contributed by atoms with Gasteiger partial charge in [0.05, 0.1) is 10.8 Å². The van der Waals surface area contributed by atoms with Crippen molar-refractivity contribution in [2.75, 3.05) is 5.75 Å². The van der Waals surface area contributed by atoms with Crippen LogP contribution >= 0.6 is 0 Å². The molecule has 0 aliphatic heterocycles. The summed E-state index contributed by atoms with van der Waals surface area (Å²) in [6.45, 7) is 6.52. The van der Waals surface area contributed by atoms with Crippen molar-refractivity contribution in [1.29, 1.82) is 0 Å². The zero-order valence-corrected chi connectivity index (χ0v) is 12.5. The lowest BCUT2D eigenvalue weighted by molar-refractivity contribution is 0.522. The van der Waals surface area contributed by atoms with Gasteiger partial charge in [-0.25, -0.2) is 0 Å². The van der Waals surface area contributed by atoms with Crippen molar-refractivity contribution in [2.45, 2.75) is 44.9 Å². The maximum Gasteiger partial charge on any atom is 0.0529 e. The Labute approximate surface area is 114 Å². The van der Waals surface area contributed by atoms with E-state index in [0.29, 0.717) is 5.92 Å². The minimum Gasteiger partial charge on any atom is -0.254 e. The summed E-state index contributed by atoms with van der Waals surface area (Å²) < 4.78 is 12.0. The Bertz CT molecular complexity index is 391. The van der Waals surface area contributed by atoms with Crippen LogP contribution < -0.4 is 0 Å². The van der Waals surface area contributed by atoms with Gasteiger partial charge in [-0.2, -0.15) is 0 Å². The lowest BCUT2D eigenvalue weighted by Gasteiger charge is -2.09. The van der Waals surface area contributed by atoms with Gasteiger partial charge < -0.3 is 0 Å². The first-order chi connectivity index (χ1) is 8.59. The quantitative estimate of drug-likeness (QED) is 0.659. The van der Waals surface area contributed by atoms with E-state index in [4.69, 9.17) is 0 Å². The van der Waals surface area contributed by atoms with Gasteiger partial charge in [0.1, 0.15) is 0 Å². The fourth-order valence-electron chi connectivity index (χ4n) is 1.80. The van der Waals surface area contributed by atoms with Gasteiger partial charge in [-0.15, -0.1) is 0 Å². The van der Waals surface area contributed by atoms with Gasteiger partial charge in [0.2, 0.25) is 0 Å². The molecule has 1 rings (SSSR count). The topological polar surface area (TPSA) is 17.1 Å². The van der Waals surface area contributed by atoms with E-state index in [1.54, 1.807) is 0 Å². The van der Waals surface area contributed by atoms with Gasteiger partial charge in [0, 0.05) is 10.6 Å². The number of hydrogen-bond donors (Lipinski definition) is 0. The maximum absolute atomic E-state index is 12.0. The van der Waals surface area contributed by atoms with Gasteiger partial charge in [-0.05, 0) is 51.2 Å². The highest BCUT2D eigenvalue weighted by Gasteiger charge is 2.06. The van der Waals surface area contributed by atoms with E-state index >= 15 is 0 Å². The first-order valence-corrected chi connectivity index (χ1v) is 7.98. The molecule has 0 aliphatic rings. The molecule has 1 aromatic carbocycles. The fraction of sp³-hybridized carbons (Fsp3) is 0.500. The lowest BCUT2D eigenvalue weighted by Crippen LogP contribution is -2.04. The Morgan fingerprint density at radius 1 is 1.22 bits per heavy atom. The van der Waals surface area contributed by atoms with Crippen LogP contribution in [-0.4, -0.2) is 9.96 Å². The summed E-state index contributed by atoms with van der Waals surface area (Å²) in [5, 5.41) is 0. The Hall–Kier alpha value is -0.890. The molecule has 0 spiro atoms. The number of allylic oxidation sites excluding steroid dienone is 2. The molecular weight excluding hydrogens is 240 g/mol. The van der Waals surface area contributed by atoms with Crippen LogP contribution in [0.15, 0.2) is 46.9 Å². The van der Waals surface area contributed by atoms with Crippen molar-refractivity contribution in [1.82, 2.24) is 0 Å². The summed E-state index contributed by atoms with van der Waals surface area (Å²) >= 11 is 0. The van der Waals surface area contributed by atoms with Crippen LogP contribution in [-0.2, 0) is 10.8 Å². The van der Waals surface area contributed by atoms with Crippen LogP contribution in [0.2, 0.25) is 0 Å². The second kappa shape index (κ2) is 8.25. The highest BCUT2D eigenvalue weighted by atomic mass is 32.2. The third kappa shape index (κ3) is 6.15. The van der Waals surface area contributed by atoms with E-state index < -0.39 is 10.8 Å². The molecule has 18 heavy (non-hydrogen) atoms. The molecule has 0 bridgehead atoms. The molecule has 0 aliphatic carbocycles. The molecule has 2 unspecified atom stereocenters. The Morgan fingerprint density at radius 3 is 2.50 bits per heavy atom. The van der Waals surface area contributed by atoms with Crippen molar-refractivity contribution in [3.8, 4) is 0 Å². The zero-order valence-electron chi connectivity index (χ0n) is 11.7. The molecule has 0 saturated heterocycles. The SMILES string of the molecule is CC(C)=CCCC(C)CCS(=O)c1ccccc1. The predicted octanol–water partition coefficient (Wildman–Crippen LogP) is 4.57. The third-order valence-electron chi connectivity index (χ3n) is 3.01. The van der Waals surface area contributed by atoms with Crippen molar-refractivity contribution >= 4 is 10.8 Å². The minimum absolute atomic E-state index is 0.647. The van der Waals surface area contributed by atoms with Gasteiger partial charge in [0.15, 0.2) is 0 Å². The Kier molecular flexibility index (Phi) is 6.96. The van der Waals surface area contributed by atoms with Crippen molar-refractivity contribution in [2.24, 2.45) is 5.92 Å². The molecular formula is C16H24OS.